The fraction of sp³-hybridized carbons (Fsp3) is 0.136. The molecular formula is C22H18ClN3OS. The van der Waals surface area contributed by atoms with Crippen LogP contribution in [0.4, 0.5) is 5.13 Å². The zero-order valence-electron chi connectivity index (χ0n) is 15.3. The second-order valence-corrected chi connectivity index (χ2v) is 7.89. The van der Waals surface area contributed by atoms with Crippen molar-refractivity contribution < 1.29 is 4.79 Å². The standard InChI is InChI=1S/C22H18ClN3OS/c1-15-10-11-18(23)21-20(15)25-22(28-21)26(14-17-9-5-6-12-24-17)19(27)13-16-7-3-2-4-8-16/h2-12H,13-14H2,1H3. The maximum Gasteiger partial charge on any atom is 0.233 e. The average molecular weight is 408 g/mol. The first kappa shape index (κ1) is 18.6. The molecule has 2 aromatic heterocycles. The molecule has 6 heteroatoms. The molecule has 0 saturated carbocycles. The smallest absolute Gasteiger partial charge is 0.233 e. The number of aromatic nitrogens is 2. The van der Waals surface area contributed by atoms with Gasteiger partial charge in [0.1, 0.15) is 0 Å². The van der Waals surface area contributed by atoms with E-state index in [1.807, 2.05) is 67.6 Å². The van der Waals surface area contributed by atoms with Gasteiger partial charge in [-0.3, -0.25) is 14.7 Å². The first-order valence-electron chi connectivity index (χ1n) is 8.91. The number of benzene rings is 2. The molecule has 4 rings (SSSR count). The summed E-state index contributed by atoms with van der Waals surface area (Å²) in [6.07, 6.45) is 2.03. The van der Waals surface area contributed by atoms with E-state index in [-0.39, 0.29) is 5.91 Å². The Morgan fingerprint density at radius 1 is 1.07 bits per heavy atom. The molecule has 4 nitrogen and oxygen atoms in total. The van der Waals surface area contributed by atoms with Crippen LogP contribution >= 0.6 is 22.9 Å². The van der Waals surface area contributed by atoms with Crippen LogP contribution in [0, 0.1) is 6.92 Å². The van der Waals surface area contributed by atoms with Crippen molar-refractivity contribution in [2.75, 3.05) is 4.90 Å². The van der Waals surface area contributed by atoms with Gasteiger partial charge in [-0.2, -0.15) is 0 Å². The molecule has 0 atom stereocenters. The number of nitrogens with zero attached hydrogens (tertiary/aromatic N) is 3. The van der Waals surface area contributed by atoms with Crippen LogP contribution in [0.5, 0.6) is 0 Å². The third-order valence-corrected chi connectivity index (χ3v) is 6.00. The number of anilines is 1. The molecule has 2 heterocycles. The molecule has 140 valence electrons. The van der Waals surface area contributed by atoms with Gasteiger partial charge in [0, 0.05) is 6.20 Å². The lowest BCUT2D eigenvalue weighted by Gasteiger charge is -2.19. The molecule has 28 heavy (non-hydrogen) atoms. The minimum Gasteiger partial charge on any atom is -0.282 e. The molecule has 0 N–H and O–H groups in total. The highest BCUT2D eigenvalue weighted by atomic mass is 35.5. The van der Waals surface area contributed by atoms with E-state index in [1.54, 1.807) is 11.1 Å². The highest BCUT2D eigenvalue weighted by molar-refractivity contribution is 7.23. The Bertz CT molecular complexity index is 1070. The number of fused-ring (bicyclic) bond motifs is 1. The highest BCUT2D eigenvalue weighted by Crippen LogP contribution is 2.36. The lowest BCUT2D eigenvalue weighted by Crippen LogP contribution is -2.32. The number of halogens is 1. The Morgan fingerprint density at radius 3 is 2.57 bits per heavy atom. The molecule has 2 aromatic carbocycles. The number of aryl methyl sites for hydroxylation is 1. The molecule has 0 unspecified atom stereocenters. The zero-order chi connectivity index (χ0) is 19.5. The van der Waals surface area contributed by atoms with E-state index >= 15 is 0 Å². The molecule has 0 saturated heterocycles. The van der Waals surface area contributed by atoms with E-state index in [9.17, 15) is 4.79 Å². The van der Waals surface area contributed by atoms with Crippen LogP contribution in [0.3, 0.4) is 0 Å². The Kier molecular flexibility index (Phi) is 5.37. The van der Waals surface area contributed by atoms with Gasteiger partial charge in [-0.25, -0.2) is 4.98 Å². The minimum absolute atomic E-state index is 0.0234. The van der Waals surface area contributed by atoms with Crippen LogP contribution in [0.25, 0.3) is 10.2 Å². The molecule has 0 aliphatic rings. The Labute approximate surface area is 172 Å². The minimum atomic E-state index is -0.0234. The number of carbonyl (C=O) groups excluding carboxylic acids is 1. The molecule has 0 bridgehead atoms. The van der Waals surface area contributed by atoms with Crippen molar-refractivity contribution in [1.82, 2.24) is 9.97 Å². The van der Waals surface area contributed by atoms with Crippen molar-refractivity contribution in [3.63, 3.8) is 0 Å². The van der Waals surface area contributed by atoms with Gasteiger partial charge in [-0.15, -0.1) is 0 Å². The molecule has 0 aliphatic heterocycles. The van der Waals surface area contributed by atoms with Gasteiger partial charge in [-0.1, -0.05) is 65.4 Å². The first-order valence-corrected chi connectivity index (χ1v) is 10.1. The summed E-state index contributed by atoms with van der Waals surface area (Å²) in [5.41, 5.74) is 3.65. The fourth-order valence-corrected chi connectivity index (χ4v) is 4.32. The number of carbonyl (C=O) groups is 1. The zero-order valence-corrected chi connectivity index (χ0v) is 16.9. The summed E-state index contributed by atoms with van der Waals surface area (Å²) in [7, 11) is 0. The predicted octanol–water partition coefficient (Wildman–Crippen LogP) is 5.43. The molecule has 0 fully saturated rings. The van der Waals surface area contributed by atoms with Crippen LogP contribution in [0.15, 0.2) is 66.9 Å². The summed E-state index contributed by atoms with van der Waals surface area (Å²) in [6.45, 7) is 2.36. The van der Waals surface area contributed by atoms with Crippen LogP contribution in [0.2, 0.25) is 5.02 Å². The maximum absolute atomic E-state index is 13.2. The van der Waals surface area contributed by atoms with Gasteiger partial charge in [0.05, 0.1) is 33.9 Å². The van der Waals surface area contributed by atoms with Crippen molar-refractivity contribution in [3.05, 3.63) is 88.7 Å². The number of amides is 1. The topological polar surface area (TPSA) is 46.1 Å². The molecule has 0 radical (unpaired) electrons. The summed E-state index contributed by atoms with van der Waals surface area (Å²) in [5.74, 6) is -0.0234. The Morgan fingerprint density at radius 2 is 1.86 bits per heavy atom. The van der Waals surface area contributed by atoms with Gasteiger partial charge in [-0.05, 0) is 36.2 Å². The van der Waals surface area contributed by atoms with Crippen molar-refractivity contribution in [1.29, 1.82) is 0 Å². The van der Waals surface area contributed by atoms with E-state index in [2.05, 4.69) is 4.98 Å². The van der Waals surface area contributed by atoms with Gasteiger partial charge >= 0.3 is 0 Å². The third-order valence-electron chi connectivity index (χ3n) is 4.46. The largest absolute Gasteiger partial charge is 0.282 e. The summed E-state index contributed by atoms with van der Waals surface area (Å²) in [5, 5.41) is 1.29. The number of hydrogen-bond donors (Lipinski definition) is 0. The van der Waals surface area contributed by atoms with E-state index < -0.39 is 0 Å². The highest BCUT2D eigenvalue weighted by Gasteiger charge is 2.22. The molecule has 4 aromatic rings. The van der Waals surface area contributed by atoms with Crippen molar-refractivity contribution in [2.45, 2.75) is 19.9 Å². The second-order valence-electron chi connectivity index (χ2n) is 6.50. The normalized spacial score (nSPS) is 10.9. The Hall–Kier alpha value is -2.76. The van der Waals surface area contributed by atoms with Gasteiger partial charge in [0.2, 0.25) is 5.91 Å². The Balaban J connectivity index is 1.73. The maximum atomic E-state index is 13.2. The van der Waals surface area contributed by atoms with E-state index in [0.29, 0.717) is 23.1 Å². The lowest BCUT2D eigenvalue weighted by atomic mass is 10.1. The van der Waals surface area contributed by atoms with Crippen LogP contribution < -0.4 is 4.90 Å². The third kappa shape index (κ3) is 3.91. The van der Waals surface area contributed by atoms with E-state index in [0.717, 1.165) is 27.0 Å². The first-order chi connectivity index (χ1) is 13.6. The average Bonchev–Trinajstić information content (AvgIpc) is 3.17. The summed E-state index contributed by atoms with van der Waals surface area (Å²) >= 11 is 7.81. The summed E-state index contributed by atoms with van der Waals surface area (Å²) in [6, 6.07) is 19.2. The number of pyridine rings is 1. The van der Waals surface area contributed by atoms with Crippen molar-refractivity contribution in [2.24, 2.45) is 0 Å². The van der Waals surface area contributed by atoms with Gasteiger partial charge in [0.25, 0.3) is 0 Å². The van der Waals surface area contributed by atoms with Gasteiger partial charge < -0.3 is 0 Å². The second kappa shape index (κ2) is 8.09. The molecule has 0 spiro atoms. The quantitative estimate of drug-likeness (QED) is 0.443. The van der Waals surface area contributed by atoms with Crippen molar-refractivity contribution >= 4 is 44.2 Å². The molecular weight excluding hydrogens is 390 g/mol. The van der Waals surface area contributed by atoms with Gasteiger partial charge in [0.15, 0.2) is 5.13 Å². The SMILES string of the molecule is Cc1ccc(Cl)c2sc(N(Cc3ccccn3)C(=O)Cc3ccccc3)nc12. The van der Waals surface area contributed by atoms with Crippen LogP contribution in [0.1, 0.15) is 16.8 Å². The van der Waals surface area contributed by atoms with Crippen LogP contribution in [-0.4, -0.2) is 15.9 Å². The lowest BCUT2D eigenvalue weighted by molar-refractivity contribution is -0.118. The van der Waals surface area contributed by atoms with E-state index in [1.165, 1.54) is 11.3 Å². The summed E-state index contributed by atoms with van der Waals surface area (Å²) < 4.78 is 0.898. The molecule has 1 amide bonds. The van der Waals surface area contributed by atoms with Crippen LogP contribution in [-0.2, 0) is 17.8 Å². The van der Waals surface area contributed by atoms with Crippen molar-refractivity contribution in [3.8, 4) is 0 Å². The van der Waals surface area contributed by atoms with E-state index in [4.69, 9.17) is 16.6 Å². The number of hydrogen-bond acceptors (Lipinski definition) is 4. The number of rotatable bonds is 5. The summed E-state index contributed by atoms with van der Waals surface area (Å²) in [4.78, 5) is 24.0. The predicted molar refractivity (Wildman–Crippen MR) is 115 cm³/mol. The number of thiazole rings is 1. The molecule has 0 aliphatic carbocycles. The monoisotopic (exact) mass is 407 g/mol. The fourth-order valence-electron chi connectivity index (χ4n) is 2.99.